The van der Waals surface area contributed by atoms with Gasteiger partial charge >= 0.3 is 0 Å². The lowest BCUT2D eigenvalue weighted by Crippen LogP contribution is -2.33. The van der Waals surface area contributed by atoms with Gasteiger partial charge < -0.3 is 10.1 Å². The van der Waals surface area contributed by atoms with Gasteiger partial charge in [0.2, 0.25) is 0 Å². The van der Waals surface area contributed by atoms with Gasteiger partial charge in [-0.15, -0.1) is 0 Å². The summed E-state index contributed by atoms with van der Waals surface area (Å²) in [5.74, 6) is 0.941. The van der Waals surface area contributed by atoms with Crippen molar-refractivity contribution in [3.8, 4) is 5.75 Å². The Balaban J connectivity index is 2.43. The van der Waals surface area contributed by atoms with Gasteiger partial charge in [0.25, 0.3) is 0 Å². The summed E-state index contributed by atoms with van der Waals surface area (Å²) < 4.78 is 6.91. The van der Waals surface area contributed by atoms with Crippen molar-refractivity contribution < 1.29 is 4.74 Å². The van der Waals surface area contributed by atoms with E-state index in [0.29, 0.717) is 5.41 Å². The highest BCUT2D eigenvalue weighted by molar-refractivity contribution is 9.10. The second kappa shape index (κ2) is 8.60. The lowest BCUT2D eigenvalue weighted by molar-refractivity contribution is 0.193. The highest BCUT2D eigenvalue weighted by Gasteiger charge is 2.22. The summed E-state index contributed by atoms with van der Waals surface area (Å²) in [6.07, 6.45) is 3.54. The molecule has 0 fully saturated rings. The molecule has 0 radical (unpaired) electrons. The van der Waals surface area contributed by atoms with Crippen LogP contribution in [0.25, 0.3) is 0 Å². The minimum Gasteiger partial charge on any atom is -0.494 e. The molecule has 0 spiro atoms. The molecule has 1 N–H and O–H groups in total. The molecule has 0 amide bonds. The maximum Gasteiger partial charge on any atom is 0.120 e. The van der Waals surface area contributed by atoms with Gasteiger partial charge in [0.05, 0.1) is 6.61 Å². The monoisotopic (exact) mass is 327 g/mol. The molecule has 1 aromatic rings. The SMILES string of the molecule is CCCC(C)(CCOc1cccc(Br)c1)CNCC. The van der Waals surface area contributed by atoms with E-state index in [1.54, 1.807) is 0 Å². The van der Waals surface area contributed by atoms with Crippen molar-refractivity contribution in [3.05, 3.63) is 28.7 Å². The standard InChI is InChI=1S/C16H26BrNO/c1-4-9-16(3,13-18-5-2)10-11-19-15-8-6-7-14(17)12-15/h6-8,12,18H,4-5,9-11,13H2,1-3H3. The molecule has 0 saturated heterocycles. The molecule has 0 aliphatic rings. The molecule has 0 aliphatic carbocycles. The van der Waals surface area contributed by atoms with Crippen LogP contribution in [-0.4, -0.2) is 19.7 Å². The van der Waals surface area contributed by atoms with Crippen LogP contribution in [-0.2, 0) is 0 Å². The van der Waals surface area contributed by atoms with Crippen LogP contribution in [0, 0.1) is 5.41 Å². The third kappa shape index (κ3) is 6.44. The number of hydrogen-bond donors (Lipinski definition) is 1. The van der Waals surface area contributed by atoms with E-state index in [1.807, 2.05) is 24.3 Å². The zero-order valence-electron chi connectivity index (χ0n) is 12.3. The minimum absolute atomic E-state index is 0.330. The topological polar surface area (TPSA) is 21.3 Å². The Hall–Kier alpha value is -0.540. The number of halogens is 1. The van der Waals surface area contributed by atoms with Gasteiger partial charge in [-0.25, -0.2) is 0 Å². The quantitative estimate of drug-likeness (QED) is 0.713. The largest absolute Gasteiger partial charge is 0.494 e. The molecule has 0 heterocycles. The Bertz CT molecular complexity index is 370. The summed E-state index contributed by atoms with van der Waals surface area (Å²) >= 11 is 3.46. The molecule has 19 heavy (non-hydrogen) atoms. The third-order valence-electron chi connectivity index (χ3n) is 3.43. The van der Waals surface area contributed by atoms with E-state index in [2.05, 4.69) is 42.0 Å². The molecule has 0 aliphatic heterocycles. The summed E-state index contributed by atoms with van der Waals surface area (Å²) in [5.41, 5.74) is 0.330. The van der Waals surface area contributed by atoms with Gasteiger partial charge in [-0.2, -0.15) is 0 Å². The molecule has 3 heteroatoms. The molecule has 1 aromatic carbocycles. The van der Waals surface area contributed by atoms with Gasteiger partial charge in [-0.05, 0) is 43.0 Å². The Morgan fingerprint density at radius 2 is 2.05 bits per heavy atom. The second-order valence-corrected chi connectivity index (χ2v) is 6.31. The first-order chi connectivity index (χ1) is 9.09. The van der Waals surface area contributed by atoms with E-state index in [-0.39, 0.29) is 0 Å². The summed E-state index contributed by atoms with van der Waals surface area (Å²) in [7, 11) is 0. The Morgan fingerprint density at radius 3 is 2.68 bits per heavy atom. The van der Waals surface area contributed by atoms with E-state index >= 15 is 0 Å². The summed E-state index contributed by atoms with van der Waals surface area (Å²) in [4.78, 5) is 0. The van der Waals surface area contributed by atoms with Crippen LogP contribution in [0.1, 0.15) is 40.0 Å². The highest BCUT2D eigenvalue weighted by atomic mass is 79.9. The van der Waals surface area contributed by atoms with Crippen molar-refractivity contribution in [3.63, 3.8) is 0 Å². The fourth-order valence-corrected chi connectivity index (χ4v) is 2.68. The van der Waals surface area contributed by atoms with Crippen LogP contribution in [0.2, 0.25) is 0 Å². The number of rotatable bonds is 9. The van der Waals surface area contributed by atoms with E-state index in [0.717, 1.165) is 36.3 Å². The Kier molecular flexibility index (Phi) is 7.47. The number of benzene rings is 1. The van der Waals surface area contributed by atoms with Crippen LogP contribution >= 0.6 is 15.9 Å². The molecule has 108 valence electrons. The first-order valence-electron chi connectivity index (χ1n) is 7.19. The van der Waals surface area contributed by atoms with Crippen LogP contribution in [0.5, 0.6) is 5.75 Å². The first kappa shape index (κ1) is 16.5. The maximum atomic E-state index is 5.85. The molecule has 1 rings (SSSR count). The average molecular weight is 328 g/mol. The van der Waals surface area contributed by atoms with Gasteiger partial charge in [-0.1, -0.05) is 49.2 Å². The van der Waals surface area contributed by atoms with E-state index in [4.69, 9.17) is 4.74 Å². The van der Waals surface area contributed by atoms with Crippen LogP contribution in [0.4, 0.5) is 0 Å². The maximum absolute atomic E-state index is 5.85. The lowest BCUT2D eigenvalue weighted by atomic mass is 9.82. The summed E-state index contributed by atoms with van der Waals surface area (Å²) in [5, 5.41) is 3.47. The molecular weight excluding hydrogens is 302 g/mol. The van der Waals surface area contributed by atoms with Gasteiger partial charge in [0, 0.05) is 11.0 Å². The van der Waals surface area contributed by atoms with Crippen LogP contribution in [0.15, 0.2) is 28.7 Å². The lowest BCUT2D eigenvalue weighted by Gasteiger charge is -2.29. The predicted octanol–water partition coefficient (Wildman–Crippen LogP) is 4.63. The Morgan fingerprint density at radius 1 is 1.26 bits per heavy atom. The van der Waals surface area contributed by atoms with Crippen molar-refractivity contribution >= 4 is 15.9 Å². The van der Waals surface area contributed by atoms with E-state index < -0.39 is 0 Å². The average Bonchev–Trinajstić information content (AvgIpc) is 2.37. The predicted molar refractivity (Wildman–Crippen MR) is 85.8 cm³/mol. The number of hydrogen-bond acceptors (Lipinski definition) is 2. The molecule has 0 bridgehead atoms. The zero-order valence-corrected chi connectivity index (χ0v) is 13.9. The highest BCUT2D eigenvalue weighted by Crippen LogP contribution is 2.27. The number of nitrogens with one attached hydrogen (secondary N) is 1. The van der Waals surface area contributed by atoms with Crippen LogP contribution in [0.3, 0.4) is 0 Å². The van der Waals surface area contributed by atoms with Gasteiger partial charge in [-0.3, -0.25) is 0 Å². The van der Waals surface area contributed by atoms with E-state index in [1.165, 1.54) is 12.8 Å². The van der Waals surface area contributed by atoms with Crippen molar-refractivity contribution in [1.82, 2.24) is 5.32 Å². The molecular formula is C16H26BrNO. The molecule has 1 unspecified atom stereocenters. The minimum atomic E-state index is 0.330. The normalized spacial score (nSPS) is 14.1. The molecule has 2 nitrogen and oxygen atoms in total. The zero-order chi connectivity index (χ0) is 14.1. The van der Waals surface area contributed by atoms with Gasteiger partial charge in [0.1, 0.15) is 5.75 Å². The fraction of sp³-hybridized carbons (Fsp3) is 0.625. The summed E-state index contributed by atoms with van der Waals surface area (Å²) in [6.45, 7) is 9.64. The van der Waals surface area contributed by atoms with Crippen molar-refractivity contribution in [1.29, 1.82) is 0 Å². The fourth-order valence-electron chi connectivity index (χ4n) is 2.30. The van der Waals surface area contributed by atoms with Crippen molar-refractivity contribution in [2.45, 2.75) is 40.0 Å². The first-order valence-corrected chi connectivity index (χ1v) is 7.98. The summed E-state index contributed by atoms with van der Waals surface area (Å²) in [6, 6.07) is 8.04. The van der Waals surface area contributed by atoms with Crippen LogP contribution < -0.4 is 10.1 Å². The smallest absolute Gasteiger partial charge is 0.120 e. The third-order valence-corrected chi connectivity index (χ3v) is 3.92. The van der Waals surface area contributed by atoms with Crippen molar-refractivity contribution in [2.75, 3.05) is 19.7 Å². The molecule has 1 atom stereocenters. The Labute approximate surface area is 126 Å². The van der Waals surface area contributed by atoms with E-state index in [9.17, 15) is 0 Å². The second-order valence-electron chi connectivity index (χ2n) is 5.40. The molecule has 0 aromatic heterocycles. The number of ether oxygens (including phenoxy) is 1. The molecule has 0 saturated carbocycles. The van der Waals surface area contributed by atoms with Crippen molar-refractivity contribution in [2.24, 2.45) is 5.41 Å². The van der Waals surface area contributed by atoms with Gasteiger partial charge in [0.15, 0.2) is 0 Å².